The predicted octanol–water partition coefficient (Wildman–Crippen LogP) is 1.79. The molecule has 0 saturated heterocycles. The molecular formula is C18H25N3O3. The molecule has 6 nitrogen and oxygen atoms in total. The average Bonchev–Trinajstić information content (AvgIpc) is 3.05. The Hall–Kier alpha value is -1.89. The van der Waals surface area contributed by atoms with Crippen molar-refractivity contribution >= 4 is 16.9 Å². The first-order valence-electron chi connectivity index (χ1n) is 8.20. The molecule has 0 aliphatic carbocycles. The zero-order valence-corrected chi connectivity index (χ0v) is 14.7. The molecule has 0 saturated carbocycles. The van der Waals surface area contributed by atoms with Crippen LogP contribution >= 0.6 is 0 Å². The molecule has 1 aromatic carbocycles. The number of hydrogen-bond donors (Lipinski definition) is 2. The van der Waals surface area contributed by atoms with Gasteiger partial charge in [0.1, 0.15) is 6.04 Å². The maximum absolute atomic E-state index is 11.6. The second-order valence-electron chi connectivity index (χ2n) is 6.46. The van der Waals surface area contributed by atoms with Crippen molar-refractivity contribution in [2.75, 3.05) is 27.3 Å². The molecule has 3 rings (SSSR count). The van der Waals surface area contributed by atoms with E-state index in [1.807, 2.05) is 14.0 Å². The lowest BCUT2D eigenvalue weighted by molar-refractivity contribution is -0.139. The second kappa shape index (κ2) is 6.55. The third-order valence-electron chi connectivity index (χ3n) is 5.09. The monoisotopic (exact) mass is 331 g/mol. The molecule has 1 unspecified atom stereocenters. The van der Waals surface area contributed by atoms with Crippen molar-refractivity contribution in [2.45, 2.75) is 26.1 Å². The van der Waals surface area contributed by atoms with E-state index in [2.05, 4.69) is 26.9 Å². The second-order valence-corrected chi connectivity index (χ2v) is 6.46. The highest BCUT2D eigenvalue weighted by Gasteiger charge is 2.27. The van der Waals surface area contributed by atoms with Crippen molar-refractivity contribution in [1.29, 1.82) is 0 Å². The zero-order chi connectivity index (χ0) is 17.4. The number of carboxylic acid groups (broad SMARTS) is 1. The summed E-state index contributed by atoms with van der Waals surface area (Å²) in [6, 6.07) is 3.69. The van der Waals surface area contributed by atoms with Gasteiger partial charge in [-0.25, -0.2) is 0 Å². The molecule has 2 aromatic rings. The van der Waals surface area contributed by atoms with Crippen LogP contribution in [0.25, 0.3) is 10.9 Å². The Morgan fingerprint density at radius 1 is 1.38 bits per heavy atom. The van der Waals surface area contributed by atoms with Crippen LogP contribution in [-0.4, -0.2) is 47.9 Å². The number of rotatable bonds is 6. The Balaban J connectivity index is 2.07. The number of ether oxygens (including phenoxy) is 1. The maximum Gasteiger partial charge on any atom is 0.325 e. The van der Waals surface area contributed by atoms with Crippen LogP contribution in [-0.2, 0) is 29.7 Å². The number of benzene rings is 1. The lowest BCUT2D eigenvalue weighted by Gasteiger charge is -2.13. The number of aryl methyl sites for hydroxylation is 1. The molecule has 0 bridgehead atoms. The van der Waals surface area contributed by atoms with Gasteiger partial charge in [-0.3, -0.25) is 9.69 Å². The van der Waals surface area contributed by atoms with E-state index in [0.717, 1.165) is 48.4 Å². The first kappa shape index (κ1) is 17.0. The number of aliphatic carboxylic acids is 1. The molecule has 1 aromatic heterocycles. The molecule has 130 valence electrons. The van der Waals surface area contributed by atoms with Gasteiger partial charge in [0.15, 0.2) is 0 Å². The number of hydrogen-bond acceptors (Lipinski definition) is 4. The summed E-state index contributed by atoms with van der Waals surface area (Å²) in [7, 11) is 5.41. The van der Waals surface area contributed by atoms with Gasteiger partial charge in [0.25, 0.3) is 0 Å². The Morgan fingerprint density at radius 3 is 2.62 bits per heavy atom. The van der Waals surface area contributed by atoms with E-state index < -0.39 is 12.0 Å². The highest BCUT2D eigenvalue weighted by molar-refractivity contribution is 5.92. The average molecular weight is 331 g/mol. The van der Waals surface area contributed by atoms with Crippen LogP contribution in [0.2, 0.25) is 0 Å². The Morgan fingerprint density at radius 2 is 2.04 bits per heavy atom. The van der Waals surface area contributed by atoms with Crippen molar-refractivity contribution < 1.29 is 14.6 Å². The molecule has 2 heterocycles. The molecule has 0 fully saturated rings. The molecule has 1 aliphatic heterocycles. The van der Waals surface area contributed by atoms with E-state index in [1.165, 1.54) is 11.1 Å². The van der Waals surface area contributed by atoms with Gasteiger partial charge in [-0.2, -0.15) is 0 Å². The molecular weight excluding hydrogens is 306 g/mol. The first-order chi connectivity index (χ1) is 11.5. The summed E-state index contributed by atoms with van der Waals surface area (Å²) in [5.74, 6) is -0.852. The maximum atomic E-state index is 11.6. The van der Waals surface area contributed by atoms with Crippen molar-refractivity contribution in [2.24, 2.45) is 7.05 Å². The summed E-state index contributed by atoms with van der Waals surface area (Å²) in [6.07, 6.45) is 0. The van der Waals surface area contributed by atoms with Crippen LogP contribution in [0.15, 0.2) is 12.1 Å². The van der Waals surface area contributed by atoms with E-state index in [-0.39, 0.29) is 0 Å². The largest absolute Gasteiger partial charge is 0.480 e. The minimum Gasteiger partial charge on any atom is -0.480 e. The summed E-state index contributed by atoms with van der Waals surface area (Å²) in [4.78, 5) is 14.0. The van der Waals surface area contributed by atoms with Crippen LogP contribution < -0.4 is 5.32 Å². The summed E-state index contributed by atoms with van der Waals surface area (Å²) in [6.45, 7) is 5.42. The van der Waals surface area contributed by atoms with Gasteiger partial charge in [0.2, 0.25) is 0 Å². The number of nitrogens with one attached hydrogen (secondary N) is 1. The molecule has 1 atom stereocenters. The van der Waals surface area contributed by atoms with Crippen molar-refractivity contribution in [3.8, 4) is 0 Å². The molecule has 0 spiro atoms. The van der Waals surface area contributed by atoms with E-state index in [1.54, 1.807) is 14.2 Å². The third kappa shape index (κ3) is 2.70. The van der Waals surface area contributed by atoms with Crippen LogP contribution in [0.1, 0.15) is 28.4 Å². The quantitative estimate of drug-likeness (QED) is 0.845. The van der Waals surface area contributed by atoms with Crippen LogP contribution in [0.4, 0.5) is 0 Å². The lowest BCUT2D eigenvalue weighted by atomic mass is 10.00. The fraction of sp³-hybridized carbons (Fsp3) is 0.500. The van der Waals surface area contributed by atoms with Crippen LogP contribution in [0.3, 0.4) is 0 Å². The Bertz CT molecular complexity index is 782. The summed E-state index contributed by atoms with van der Waals surface area (Å²) >= 11 is 0. The van der Waals surface area contributed by atoms with Crippen LogP contribution in [0.5, 0.6) is 0 Å². The number of carbonyl (C=O) groups is 1. The third-order valence-corrected chi connectivity index (χ3v) is 5.09. The standard InChI is InChI=1S/C18H25N3O3/c1-11-16(17(19-2)18(22)23)14-7-12-9-21(5-6-24-4)10-13(12)8-15(14)20(11)3/h7-8,17,19H,5-6,9-10H2,1-4H3,(H,22,23). The SMILES string of the molecule is CNC(C(=O)O)c1c(C)n(C)c2cc3c(cc12)CN(CCOC)C3. The highest BCUT2D eigenvalue weighted by Crippen LogP contribution is 2.35. The van der Waals surface area contributed by atoms with Gasteiger partial charge in [-0.15, -0.1) is 0 Å². The predicted molar refractivity (Wildman–Crippen MR) is 93.1 cm³/mol. The summed E-state index contributed by atoms with van der Waals surface area (Å²) in [5.41, 5.74) is 5.55. The normalized spacial score (nSPS) is 15.8. The number of fused-ring (bicyclic) bond motifs is 2. The minimum absolute atomic E-state index is 0.697. The number of likely N-dealkylation sites (N-methyl/N-ethyl adjacent to an activating group) is 1. The number of methoxy groups -OCH3 is 1. The summed E-state index contributed by atoms with van der Waals surface area (Å²) < 4.78 is 7.27. The topological polar surface area (TPSA) is 66.7 Å². The van der Waals surface area contributed by atoms with Gasteiger partial charge >= 0.3 is 5.97 Å². The Kier molecular flexibility index (Phi) is 4.62. The van der Waals surface area contributed by atoms with E-state index in [4.69, 9.17) is 4.74 Å². The van der Waals surface area contributed by atoms with Gasteiger partial charge < -0.3 is 19.7 Å². The van der Waals surface area contributed by atoms with Gasteiger partial charge in [0, 0.05) is 56.0 Å². The number of aromatic nitrogens is 1. The molecule has 1 aliphatic rings. The fourth-order valence-corrected chi connectivity index (χ4v) is 3.69. The van der Waals surface area contributed by atoms with Crippen molar-refractivity contribution in [1.82, 2.24) is 14.8 Å². The molecule has 6 heteroatoms. The van der Waals surface area contributed by atoms with Gasteiger partial charge in [0.05, 0.1) is 6.61 Å². The van der Waals surface area contributed by atoms with Gasteiger partial charge in [-0.1, -0.05) is 0 Å². The number of carboxylic acids is 1. The van der Waals surface area contributed by atoms with E-state index in [9.17, 15) is 9.90 Å². The van der Waals surface area contributed by atoms with Crippen LogP contribution in [0, 0.1) is 6.92 Å². The molecule has 2 N–H and O–H groups in total. The van der Waals surface area contributed by atoms with E-state index >= 15 is 0 Å². The summed E-state index contributed by atoms with van der Waals surface area (Å²) in [5, 5.41) is 13.5. The smallest absolute Gasteiger partial charge is 0.325 e. The number of nitrogens with zero attached hydrogens (tertiary/aromatic N) is 2. The van der Waals surface area contributed by atoms with Crippen molar-refractivity contribution in [3.05, 3.63) is 34.5 Å². The van der Waals surface area contributed by atoms with Gasteiger partial charge in [-0.05, 0) is 37.2 Å². The molecule has 24 heavy (non-hydrogen) atoms. The van der Waals surface area contributed by atoms with E-state index in [0.29, 0.717) is 0 Å². The lowest BCUT2D eigenvalue weighted by Crippen LogP contribution is -2.25. The zero-order valence-electron chi connectivity index (χ0n) is 14.7. The molecule has 0 amide bonds. The van der Waals surface area contributed by atoms with Crippen molar-refractivity contribution in [3.63, 3.8) is 0 Å². The first-order valence-corrected chi connectivity index (χ1v) is 8.20. The molecule has 0 radical (unpaired) electrons. The Labute approximate surface area is 142 Å². The highest BCUT2D eigenvalue weighted by atomic mass is 16.5. The minimum atomic E-state index is -0.852. The fourth-order valence-electron chi connectivity index (χ4n) is 3.69.